The molecule has 2 heterocycles. The molecule has 1 aliphatic heterocycles. The van der Waals surface area contributed by atoms with Crippen molar-refractivity contribution in [3.05, 3.63) is 90.0 Å². The molecule has 30 heavy (non-hydrogen) atoms. The van der Waals surface area contributed by atoms with E-state index in [0.717, 1.165) is 34.1 Å². The van der Waals surface area contributed by atoms with Gasteiger partial charge in [-0.25, -0.2) is 4.98 Å². The number of carbonyl (C=O) groups excluding carboxylic acids is 1. The molecule has 1 aromatic heterocycles. The molecule has 0 fully saturated rings. The second kappa shape index (κ2) is 8.00. The molecule has 150 valence electrons. The zero-order valence-electron chi connectivity index (χ0n) is 16.9. The number of rotatable bonds is 5. The number of fused-ring (bicyclic) bond motifs is 2. The first-order chi connectivity index (χ1) is 14.7. The topological polar surface area (TPSA) is 38.1 Å². The van der Waals surface area contributed by atoms with E-state index in [1.165, 1.54) is 11.1 Å². The second-order valence-electron chi connectivity index (χ2n) is 7.69. The summed E-state index contributed by atoms with van der Waals surface area (Å²) in [6, 6.07) is 26.8. The number of hydrogen-bond donors (Lipinski definition) is 0. The summed E-state index contributed by atoms with van der Waals surface area (Å²) in [6.07, 6.45) is 0.905. The van der Waals surface area contributed by atoms with Crippen LogP contribution in [0.25, 0.3) is 11.0 Å². The van der Waals surface area contributed by atoms with Crippen LogP contribution in [0.15, 0.2) is 84.0 Å². The summed E-state index contributed by atoms with van der Waals surface area (Å²) in [5.74, 6) is 0.929. The Balaban J connectivity index is 1.45. The van der Waals surface area contributed by atoms with Crippen LogP contribution in [0.1, 0.15) is 18.1 Å². The number of thioether (sulfide) groups is 1. The van der Waals surface area contributed by atoms with E-state index in [2.05, 4.69) is 41.8 Å². The lowest BCUT2D eigenvalue weighted by Gasteiger charge is -2.23. The van der Waals surface area contributed by atoms with E-state index >= 15 is 0 Å². The molecular formula is C25H23N3OS. The van der Waals surface area contributed by atoms with Crippen LogP contribution in [0, 0.1) is 0 Å². The Bertz CT molecular complexity index is 1200. The molecule has 1 aliphatic rings. The van der Waals surface area contributed by atoms with Gasteiger partial charge in [0, 0.05) is 17.5 Å². The highest BCUT2D eigenvalue weighted by Crippen LogP contribution is 2.33. The molecule has 5 heteroatoms. The highest BCUT2D eigenvalue weighted by atomic mass is 32.2. The SMILES string of the molecule is C[C@@H]1Cc2ccccc2N1C(=O)Cn1c(SCc2ccccc2)nc2ccccc21. The van der Waals surface area contributed by atoms with Gasteiger partial charge in [-0.1, -0.05) is 72.4 Å². The van der Waals surface area contributed by atoms with Gasteiger partial charge in [-0.2, -0.15) is 0 Å². The van der Waals surface area contributed by atoms with E-state index < -0.39 is 0 Å². The summed E-state index contributed by atoms with van der Waals surface area (Å²) in [7, 11) is 0. The zero-order valence-corrected chi connectivity index (χ0v) is 17.7. The lowest BCUT2D eigenvalue weighted by Crippen LogP contribution is -2.38. The maximum Gasteiger partial charge on any atom is 0.247 e. The molecule has 4 aromatic rings. The van der Waals surface area contributed by atoms with Crippen LogP contribution in [0.3, 0.4) is 0 Å². The summed E-state index contributed by atoms with van der Waals surface area (Å²) in [6.45, 7) is 2.41. The number of amides is 1. The third kappa shape index (κ3) is 3.50. The van der Waals surface area contributed by atoms with Crippen molar-refractivity contribution in [2.24, 2.45) is 0 Å². The summed E-state index contributed by atoms with van der Waals surface area (Å²) in [5, 5.41) is 0.883. The molecule has 4 nitrogen and oxygen atoms in total. The van der Waals surface area contributed by atoms with Gasteiger partial charge < -0.3 is 9.47 Å². The monoisotopic (exact) mass is 413 g/mol. The minimum atomic E-state index is 0.108. The average molecular weight is 414 g/mol. The van der Waals surface area contributed by atoms with Crippen LogP contribution in [0.4, 0.5) is 5.69 Å². The van der Waals surface area contributed by atoms with E-state index in [1.807, 2.05) is 53.4 Å². The van der Waals surface area contributed by atoms with Crippen LogP contribution >= 0.6 is 11.8 Å². The molecule has 0 radical (unpaired) electrons. The molecule has 3 aromatic carbocycles. The van der Waals surface area contributed by atoms with E-state index in [0.29, 0.717) is 0 Å². The highest BCUT2D eigenvalue weighted by molar-refractivity contribution is 7.98. The van der Waals surface area contributed by atoms with Gasteiger partial charge in [0.25, 0.3) is 0 Å². The van der Waals surface area contributed by atoms with Crippen molar-refractivity contribution in [1.29, 1.82) is 0 Å². The highest BCUT2D eigenvalue weighted by Gasteiger charge is 2.31. The number of nitrogens with zero attached hydrogens (tertiary/aromatic N) is 3. The largest absolute Gasteiger partial charge is 0.309 e. The standard InChI is InChI=1S/C25H23N3OS/c1-18-15-20-11-5-7-13-22(20)28(18)24(29)16-27-23-14-8-6-12-21(23)26-25(27)30-17-19-9-3-2-4-10-19/h2-14,18H,15-17H2,1H3/t18-/m1/s1. The summed E-state index contributed by atoms with van der Waals surface area (Å²) >= 11 is 1.68. The Morgan fingerprint density at radius 1 is 1.00 bits per heavy atom. The predicted octanol–water partition coefficient (Wildman–Crippen LogP) is 5.31. The molecule has 0 saturated heterocycles. The number of aromatic nitrogens is 2. The third-order valence-electron chi connectivity index (χ3n) is 5.60. The number of anilines is 1. The summed E-state index contributed by atoms with van der Waals surface area (Å²) in [4.78, 5) is 20.2. The molecule has 5 rings (SSSR count). The Labute approximate surface area is 180 Å². The Kier molecular flexibility index (Phi) is 5.05. The first-order valence-corrected chi connectivity index (χ1v) is 11.2. The quantitative estimate of drug-likeness (QED) is 0.416. The molecular weight excluding hydrogens is 390 g/mol. The van der Waals surface area contributed by atoms with Gasteiger partial charge in [0.15, 0.2) is 5.16 Å². The van der Waals surface area contributed by atoms with Gasteiger partial charge in [0.1, 0.15) is 6.54 Å². The molecule has 1 amide bonds. The van der Waals surface area contributed by atoms with Gasteiger partial charge in [-0.15, -0.1) is 0 Å². The van der Waals surface area contributed by atoms with Gasteiger partial charge in [-0.3, -0.25) is 4.79 Å². The Hall–Kier alpha value is -3.05. The van der Waals surface area contributed by atoms with Gasteiger partial charge in [0.2, 0.25) is 5.91 Å². The summed E-state index contributed by atoms with van der Waals surface area (Å²) in [5.41, 5.74) is 5.46. The van der Waals surface area contributed by atoms with Crippen molar-refractivity contribution < 1.29 is 4.79 Å². The minimum Gasteiger partial charge on any atom is -0.309 e. The molecule has 0 saturated carbocycles. The smallest absolute Gasteiger partial charge is 0.247 e. The van der Waals surface area contributed by atoms with E-state index in [4.69, 9.17) is 4.98 Å². The van der Waals surface area contributed by atoms with E-state index in [-0.39, 0.29) is 18.5 Å². The maximum atomic E-state index is 13.4. The van der Waals surface area contributed by atoms with Crippen LogP contribution < -0.4 is 4.90 Å². The average Bonchev–Trinajstić information content (AvgIpc) is 3.29. The fraction of sp³-hybridized carbons (Fsp3) is 0.200. The van der Waals surface area contributed by atoms with Crippen molar-refractivity contribution in [1.82, 2.24) is 9.55 Å². The van der Waals surface area contributed by atoms with Crippen molar-refractivity contribution >= 4 is 34.4 Å². The number of benzene rings is 3. The normalized spacial score (nSPS) is 15.5. The predicted molar refractivity (Wildman–Crippen MR) is 123 cm³/mol. The minimum absolute atomic E-state index is 0.108. The first-order valence-electron chi connectivity index (χ1n) is 10.2. The third-order valence-corrected chi connectivity index (χ3v) is 6.65. The van der Waals surface area contributed by atoms with Crippen LogP contribution in [0.5, 0.6) is 0 Å². The lowest BCUT2D eigenvalue weighted by molar-refractivity contribution is -0.119. The first kappa shape index (κ1) is 18.9. The number of hydrogen-bond acceptors (Lipinski definition) is 3. The van der Waals surface area contributed by atoms with Crippen molar-refractivity contribution in [3.8, 4) is 0 Å². The van der Waals surface area contributed by atoms with Gasteiger partial charge >= 0.3 is 0 Å². The molecule has 0 unspecified atom stereocenters. The van der Waals surface area contributed by atoms with Gasteiger partial charge in [-0.05, 0) is 42.7 Å². The Morgan fingerprint density at radius 2 is 1.73 bits per heavy atom. The Morgan fingerprint density at radius 3 is 2.60 bits per heavy atom. The molecule has 0 N–H and O–H groups in total. The van der Waals surface area contributed by atoms with Crippen molar-refractivity contribution in [2.45, 2.75) is 36.8 Å². The second-order valence-corrected chi connectivity index (χ2v) is 8.63. The number of para-hydroxylation sites is 3. The lowest BCUT2D eigenvalue weighted by atomic mass is 10.1. The van der Waals surface area contributed by atoms with E-state index in [9.17, 15) is 4.79 Å². The van der Waals surface area contributed by atoms with Crippen LogP contribution in [-0.2, 0) is 23.5 Å². The molecule has 1 atom stereocenters. The number of carbonyl (C=O) groups is 1. The fourth-order valence-corrected chi connectivity index (χ4v) is 5.17. The van der Waals surface area contributed by atoms with Crippen LogP contribution in [-0.4, -0.2) is 21.5 Å². The van der Waals surface area contributed by atoms with Crippen molar-refractivity contribution in [3.63, 3.8) is 0 Å². The maximum absolute atomic E-state index is 13.4. The molecule has 0 bridgehead atoms. The van der Waals surface area contributed by atoms with Crippen molar-refractivity contribution in [2.75, 3.05) is 4.90 Å². The molecule has 0 aliphatic carbocycles. The number of imidazole rings is 1. The summed E-state index contributed by atoms with van der Waals surface area (Å²) < 4.78 is 2.07. The van der Waals surface area contributed by atoms with Gasteiger partial charge in [0.05, 0.1) is 11.0 Å². The zero-order chi connectivity index (χ0) is 20.5. The van der Waals surface area contributed by atoms with Crippen LogP contribution in [0.2, 0.25) is 0 Å². The molecule has 0 spiro atoms. The van der Waals surface area contributed by atoms with E-state index in [1.54, 1.807) is 11.8 Å². The fourth-order valence-electron chi connectivity index (χ4n) is 4.20.